The van der Waals surface area contributed by atoms with Gasteiger partial charge in [-0.15, -0.1) is 0 Å². The monoisotopic (exact) mass is 240 g/mol. The topological polar surface area (TPSA) is 69.6 Å². The number of nitrogens with zero attached hydrogens (tertiary/aromatic N) is 1. The highest BCUT2D eigenvalue weighted by molar-refractivity contribution is 5.77. The molecule has 0 bridgehead atoms. The number of aliphatic carboxylic acids is 1. The Morgan fingerprint density at radius 3 is 2.41 bits per heavy atom. The van der Waals surface area contributed by atoms with Crippen molar-refractivity contribution in [2.24, 2.45) is 11.3 Å². The van der Waals surface area contributed by atoms with Crippen molar-refractivity contribution in [2.45, 2.75) is 32.6 Å². The van der Waals surface area contributed by atoms with Crippen LogP contribution in [-0.2, 0) is 4.79 Å². The van der Waals surface area contributed by atoms with Crippen molar-refractivity contribution in [1.82, 2.24) is 10.2 Å². The zero-order valence-electron chi connectivity index (χ0n) is 10.2. The standard InChI is InChI=1S/C12H20N2O3/c1-12(10(15)16)4-6-14(7-5-12)11(17)13-8-9-2-3-9/h9H,2-8H2,1H3,(H,13,17)(H,15,16). The fraction of sp³-hybridized carbons (Fsp3) is 0.833. The number of hydrogen-bond acceptors (Lipinski definition) is 2. The van der Waals surface area contributed by atoms with Crippen LogP contribution in [0, 0.1) is 11.3 Å². The maximum Gasteiger partial charge on any atom is 0.317 e. The Kier molecular flexibility index (Phi) is 3.26. The molecule has 0 radical (unpaired) electrons. The minimum Gasteiger partial charge on any atom is -0.481 e. The van der Waals surface area contributed by atoms with Crippen molar-refractivity contribution in [3.63, 3.8) is 0 Å². The molecule has 0 unspecified atom stereocenters. The molecule has 1 saturated heterocycles. The Labute approximate surface area is 101 Å². The quantitative estimate of drug-likeness (QED) is 0.781. The van der Waals surface area contributed by atoms with Crippen molar-refractivity contribution in [1.29, 1.82) is 0 Å². The van der Waals surface area contributed by atoms with Gasteiger partial charge in [0.2, 0.25) is 0 Å². The second-order valence-corrected chi connectivity index (χ2v) is 5.48. The molecule has 2 rings (SSSR count). The number of piperidine rings is 1. The van der Waals surface area contributed by atoms with Crippen LogP contribution in [0.3, 0.4) is 0 Å². The summed E-state index contributed by atoms with van der Waals surface area (Å²) in [5.41, 5.74) is -0.659. The molecule has 2 amide bonds. The van der Waals surface area contributed by atoms with Gasteiger partial charge in [-0.1, -0.05) is 0 Å². The first-order valence-corrected chi connectivity index (χ1v) is 6.27. The summed E-state index contributed by atoms with van der Waals surface area (Å²) in [4.78, 5) is 24.6. The number of urea groups is 1. The van der Waals surface area contributed by atoms with Crippen LogP contribution < -0.4 is 5.32 Å². The van der Waals surface area contributed by atoms with E-state index in [-0.39, 0.29) is 6.03 Å². The lowest BCUT2D eigenvalue weighted by molar-refractivity contribution is -0.150. The summed E-state index contributed by atoms with van der Waals surface area (Å²) in [7, 11) is 0. The molecule has 2 N–H and O–H groups in total. The molecule has 0 spiro atoms. The van der Waals surface area contributed by atoms with Crippen molar-refractivity contribution < 1.29 is 14.7 Å². The minimum atomic E-state index is -0.754. The molecule has 0 aromatic carbocycles. The Balaban J connectivity index is 1.77. The number of rotatable bonds is 3. The molecule has 0 atom stereocenters. The van der Waals surface area contributed by atoms with Gasteiger partial charge in [0.05, 0.1) is 5.41 Å². The molecule has 1 aliphatic heterocycles. The summed E-state index contributed by atoms with van der Waals surface area (Å²) >= 11 is 0. The maximum atomic E-state index is 11.8. The molecule has 96 valence electrons. The number of likely N-dealkylation sites (tertiary alicyclic amines) is 1. The Bertz CT molecular complexity index is 318. The fourth-order valence-corrected chi connectivity index (χ4v) is 2.08. The van der Waals surface area contributed by atoms with Crippen LogP contribution in [0.4, 0.5) is 4.79 Å². The second-order valence-electron chi connectivity index (χ2n) is 5.48. The van der Waals surface area contributed by atoms with Gasteiger partial charge in [-0.05, 0) is 38.5 Å². The van der Waals surface area contributed by atoms with Crippen LogP contribution in [-0.4, -0.2) is 41.6 Å². The van der Waals surface area contributed by atoms with E-state index in [0.29, 0.717) is 31.8 Å². The van der Waals surface area contributed by atoms with E-state index in [1.165, 1.54) is 12.8 Å². The fourth-order valence-electron chi connectivity index (χ4n) is 2.08. The van der Waals surface area contributed by atoms with E-state index in [1.807, 2.05) is 0 Å². The zero-order chi connectivity index (χ0) is 12.5. The molecule has 17 heavy (non-hydrogen) atoms. The Morgan fingerprint density at radius 1 is 1.35 bits per heavy atom. The minimum absolute atomic E-state index is 0.0376. The molecule has 2 fully saturated rings. The van der Waals surface area contributed by atoms with Gasteiger partial charge in [0.25, 0.3) is 0 Å². The molecule has 5 nitrogen and oxygen atoms in total. The molecule has 1 saturated carbocycles. The summed E-state index contributed by atoms with van der Waals surface area (Å²) in [6.07, 6.45) is 3.52. The maximum absolute atomic E-state index is 11.8. The first-order valence-electron chi connectivity index (χ1n) is 6.27. The van der Waals surface area contributed by atoms with Crippen LogP contribution in [0.25, 0.3) is 0 Å². The van der Waals surface area contributed by atoms with Crippen LogP contribution in [0.1, 0.15) is 32.6 Å². The highest BCUT2D eigenvalue weighted by Gasteiger charge is 2.38. The van der Waals surface area contributed by atoms with E-state index in [1.54, 1.807) is 11.8 Å². The third kappa shape index (κ3) is 2.90. The van der Waals surface area contributed by atoms with Crippen LogP contribution in [0.5, 0.6) is 0 Å². The van der Waals surface area contributed by atoms with Crippen LogP contribution >= 0.6 is 0 Å². The molecule has 1 heterocycles. The van der Waals surface area contributed by atoms with E-state index in [0.717, 1.165) is 6.54 Å². The lowest BCUT2D eigenvalue weighted by Gasteiger charge is -2.36. The molecule has 1 aliphatic carbocycles. The SMILES string of the molecule is CC1(C(=O)O)CCN(C(=O)NCC2CC2)CC1. The molecule has 2 aliphatic rings. The second kappa shape index (κ2) is 4.55. The summed E-state index contributed by atoms with van der Waals surface area (Å²) in [6, 6.07) is -0.0376. The average molecular weight is 240 g/mol. The number of carboxylic acids is 1. The number of carbonyl (C=O) groups excluding carboxylic acids is 1. The third-order valence-corrected chi connectivity index (χ3v) is 3.91. The van der Waals surface area contributed by atoms with Crippen molar-refractivity contribution in [3.05, 3.63) is 0 Å². The predicted octanol–water partition coefficient (Wildman–Crippen LogP) is 1.29. The van der Waals surface area contributed by atoms with E-state index in [2.05, 4.69) is 5.32 Å². The van der Waals surface area contributed by atoms with E-state index >= 15 is 0 Å². The van der Waals surface area contributed by atoms with Gasteiger partial charge in [0, 0.05) is 19.6 Å². The zero-order valence-corrected chi connectivity index (χ0v) is 10.2. The van der Waals surface area contributed by atoms with Gasteiger partial charge in [-0.2, -0.15) is 0 Å². The first-order chi connectivity index (χ1) is 8.01. The Morgan fingerprint density at radius 2 is 1.94 bits per heavy atom. The number of carboxylic acid groups (broad SMARTS) is 1. The summed E-state index contributed by atoms with van der Waals surface area (Å²) in [6.45, 7) is 3.61. The van der Waals surface area contributed by atoms with Gasteiger partial charge in [0.15, 0.2) is 0 Å². The summed E-state index contributed by atoms with van der Waals surface area (Å²) in [5, 5.41) is 12.0. The van der Waals surface area contributed by atoms with E-state index in [9.17, 15) is 9.59 Å². The highest BCUT2D eigenvalue weighted by Crippen LogP contribution is 2.31. The smallest absolute Gasteiger partial charge is 0.317 e. The van der Waals surface area contributed by atoms with Gasteiger partial charge < -0.3 is 15.3 Å². The third-order valence-electron chi connectivity index (χ3n) is 3.91. The van der Waals surface area contributed by atoms with Gasteiger partial charge in [0.1, 0.15) is 0 Å². The lowest BCUT2D eigenvalue weighted by Crippen LogP contribution is -2.49. The molecular weight excluding hydrogens is 220 g/mol. The molecular formula is C12H20N2O3. The number of carbonyl (C=O) groups is 2. The van der Waals surface area contributed by atoms with Crippen molar-refractivity contribution in [3.8, 4) is 0 Å². The first kappa shape index (κ1) is 12.2. The number of hydrogen-bond donors (Lipinski definition) is 2. The van der Waals surface area contributed by atoms with E-state index in [4.69, 9.17) is 5.11 Å². The summed E-state index contributed by atoms with van der Waals surface area (Å²) in [5.74, 6) is -0.0800. The number of nitrogens with one attached hydrogen (secondary N) is 1. The normalized spacial score (nSPS) is 23.2. The largest absolute Gasteiger partial charge is 0.481 e. The van der Waals surface area contributed by atoms with Crippen molar-refractivity contribution >= 4 is 12.0 Å². The molecule has 0 aromatic rings. The average Bonchev–Trinajstić information content (AvgIpc) is 3.10. The molecule has 0 aromatic heterocycles. The molecule has 5 heteroatoms. The van der Waals surface area contributed by atoms with E-state index < -0.39 is 11.4 Å². The highest BCUT2D eigenvalue weighted by atomic mass is 16.4. The lowest BCUT2D eigenvalue weighted by atomic mass is 9.80. The van der Waals surface area contributed by atoms with Crippen LogP contribution in [0.15, 0.2) is 0 Å². The van der Waals surface area contributed by atoms with Gasteiger partial charge in [-0.25, -0.2) is 4.79 Å². The van der Waals surface area contributed by atoms with Gasteiger partial charge >= 0.3 is 12.0 Å². The summed E-state index contributed by atoms with van der Waals surface area (Å²) < 4.78 is 0. The van der Waals surface area contributed by atoms with Crippen molar-refractivity contribution in [2.75, 3.05) is 19.6 Å². The number of amides is 2. The van der Waals surface area contributed by atoms with Crippen LogP contribution in [0.2, 0.25) is 0 Å². The van der Waals surface area contributed by atoms with Gasteiger partial charge in [-0.3, -0.25) is 4.79 Å². The predicted molar refractivity (Wildman–Crippen MR) is 62.7 cm³/mol. The Hall–Kier alpha value is -1.26.